The van der Waals surface area contributed by atoms with E-state index in [2.05, 4.69) is 53.3 Å². The minimum absolute atomic E-state index is 0.343. The van der Waals surface area contributed by atoms with E-state index in [-0.39, 0.29) is 0 Å². The van der Waals surface area contributed by atoms with E-state index >= 15 is 0 Å². The Bertz CT molecular complexity index is 381. The maximum atomic E-state index is 5.94. The molecule has 0 bridgehead atoms. The predicted molar refractivity (Wildman–Crippen MR) is 89.9 cm³/mol. The molecule has 0 aliphatic heterocycles. The Kier molecular flexibility index (Phi) is 9.16. The van der Waals surface area contributed by atoms with E-state index in [1.165, 1.54) is 36.8 Å². The van der Waals surface area contributed by atoms with Crippen molar-refractivity contribution in [1.82, 2.24) is 5.32 Å². The molecule has 1 aromatic rings. The molecule has 0 spiro atoms. The summed E-state index contributed by atoms with van der Waals surface area (Å²) in [6.45, 7) is 6.01. The second-order valence-electron chi connectivity index (χ2n) is 5.43. The van der Waals surface area contributed by atoms with E-state index in [4.69, 9.17) is 4.74 Å². The Morgan fingerprint density at radius 2 is 2.05 bits per heavy atom. The van der Waals surface area contributed by atoms with Crippen LogP contribution in [0.4, 0.5) is 0 Å². The van der Waals surface area contributed by atoms with Gasteiger partial charge in [-0.1, -0.05) is 60.7 Å². The second-order valence-corrected chi connectivity index (χ2v) is 6.28. The van der Waals surface area contributed by atoms with Gasteiger partial charge < -0.3 is 10.1 Å². The van der Waals surface area contributed by atoms with E-state index in [1.807, 2.05) is 7.05 Å². The summed E-state index contributed by atoms with van der Waals surface area (Å²) in [6, 6.07) is 6.48. The normalized spacial score (nSPS) is 12.6. The van der Waals surface area contributed by atoms with Crippen LogP contribution in [0, 0.1) is 0 Å². The number of benzene rings is 1. The van der Waals surface area contributed by atoms with Crippen molar-refractivity contribution in [2.45, 2.75) is 65.2 Å². The summed E-state index contributed by atoms with van der Waals surface area (Å²) < 4.78 is 7.09. The molecule has 0 aliphatic carbocycles. The Labute approximate surface area is 132 Å². The topological polar surface area (TPSA) is 21.3 Å². The molecule has 0 saturated heterocycles. The van der Waals surface area contributed by atoms with Gasteiger partial charge in [-0.15, -0.1) is 0 Å². The Balaban J connectivity index is 2.33. The van der Waals surface area contributed by atoms with Gasteiger partial charge in [0.2, 0.25) is 0 Å². The molecule has 1 rings (SSSR count). The Morgan fingerprint density at radius 3 is 2.70 bits per heavy atom. The zero-order valence-corrected chi connectivity index (χ0v) is 14.6. The number of unbranched alkanes of at least 4 members (excludes halogenated alkanes) is 3. The highest BCUT2D eigenvalue weighted by Crippen LogP contribution is 2.20. The van der Waals surface area contributed by atoms with E-state index in [9.17, 15) is 0 Å². The monoisotopic (exact) mass is 341 g/mol. The Hall–Kier alpha value is -0.380. The molecule has 1 N–H and O–H groups in total. The highest BCUT2D eigenvalue weighted by Gasteiger charge is 2.06. The van der Waals surface area contributed by atoms with Crippen molar-refractivity contribution in [3.8, 4) is 0 Å². The molecule has 0 radical (unpaired) electrons. The third kappa shape index (κ3) is 6.87. The summed E-state index contributed by atoms with van der Waals surface area (Å²) in [4.78, 5) is 0. The lowest BCUT2D eigenvalue weighted by atomic mass is 10.1. The average Bonchev–Trinajstić information content (AvgIpc) is 2.43. The minimum Gasteiger partial charge on any atom is -0.374 e. The van der Waals surface area contributed by atoms with Gasteiger partial charge in [-0.05, 0) is 37.6 Å². The molecule has 3 heteroatoms. The molecule has 114 valence electrons. The molecule has 0 aromatic heterocycles. The largest absolute Gasteiger partial charge is 0.374 e. The number of nitrogens with one attached hydrogen (secondary N) is 1. The summed E-state index contributed by atoms with van der Waals surface area (Å²) in [5, 5.41) is 3.16. The third-order valence-electron chi connectivity index (χ3n) is 3.49. The van der Waals surface area contributed by atoms with Gasteiger partial charge in [0.05, 0.1) is 12.7 Å². The molecule has 20 heavy (non-hydrogen) atoms. The predicted octanol–water partition coefficient (Wildman–Crippen LogP) is 5.04. The van der Waals surface area contributed by atoms with Gasteiger partial charge in [0, 0.05) is 11.0 Å². The van der Waals surface area contributed by atoms with Crippen LogP contribution in [-0.4, -0.2) is 13.2 Å². The van der Waals surface area contributed by atoms with Crippen LogP contribution < -0.4 is 5.32 Å². The lowest BCUT2D eigenvalue weighted by molar-refractivity contribution is 0.0456. The van der Waals surface area contributed by atoms with Crippen molar-refractivity contribution in [2.75, 3.05) is 7.05 Å². The van der Waals surface area contributed by atoms with Crippen LogP contribution >= 0.6 is 15.9 Å². The summed E-state index contributed by atoms with van der Waals surface area (Å²) in [6.07, 6.45) is 6.74. The van der Waals surface area contributed by atoms with Crippen molar-refractivity contribution in [3.05, 3.63) is 33.8 Å². The molecule has 1 unspecified atom stereocenters. The molecule has 0 fully saturated rings. The van der Waals surface area contributed by atoms with E-state index in [0.717, 1.165) is 17.4 Å². The van der Waals surface area contributed by atoms with Crippen LogP contribution in [0.2, 0.25) is 0 Å². The molecule has 1 aromatic carbocycles. The van der Waals surface area contributed by atoms with Crippen LogP contribution in [-0.2, 0) is 17.9 Å². The maximum absolute atomic E-state index is 5.94. The summed E-state index contributed by atoms with van der Waals surface area (Å²) in [5.74, 6) is 0. The molecular formula is C17H28BrNO. The van der Waals surface area contributed by atoms with Crippen LogP contribution in [0.25, 0.3) is 0 Å². The lowest BCUT2D eigenvalue weighted by Gasteiger charge is -2.14. The summed E-state index contributed by atoms with van der Waals surface area (Å²) >= 11 is 3.63. The van der Waals surface area contributed by atoms with Gasteiger partial charge in [0.15, 0.2) is 0 Å². The van der Waals surface area contributed by atoms with Gasteiger partial charge in [-0.2, -0.15) is 0 Å². The number of rotatable bonds is 10. The molecule has 0 amide bonds. The first kappa shape index (κ1) is 17.7. The minimum atomic E-state index is 0.343. The Morgan fingerprint density at radius 1 is 1.25 bits per heavy atom. The quantitative estimate of drug-likeness (QED) is 0.601. The third-order valence-corrected chi connectivity index (χ3v) is 4.22. The van der Waals surface area contributed by atoms with Gasteiger partial charge in [-0.3, -0.25) is 0 Å². The second kappa shape index (κ2) is 10.4. The standard InChI is InChI=1S/C17H28BrNO/c1-4-5-6-7-8-14(2)20-13-16-10-9-15(12-19-3)11-17(16)18/h9-11,14,19H,4-8,12-13H2,1-3H3. The molecular weight excluding hydrogens is 314 g/mol. The van der Waals surface area contributed by atoms with E-state index < -0.39 is 0 Å². The molecule has 1 atom stereocenters. The summed E-state index contributed by atoms with van der Waals surface area (Å²) in [5.41, 5.74) is 2.51. The molecule has 2 nitrogen and oxygen atoms in total. The van der Waals surface area contributed by atoms with Crippen LogP contribution in [0.5, 0.6) is 0 Å². The van der Waals surface area contributed by atoms with Crippen LogP contribution in [0.15, 0.2) is 22.7 Å². The fourth-order valence-corrected chi connectivity index (χ4v) is 2.74. The van der Waals surface area contributed by atoms with Crippen molar-refractivity contribution in [3.63, 3.8) is 0 Å². The van der Waals surface area contributed by atoms with Gasteiger partial charge >= 0.3 is 0 Å². The van der Waals surface area contributed by atoms with E-state index in [0.29, 0.717) is 12.7 Å². The lowest BCUT2D eigenvalue weighted by Crippen LogP contribution is -2.09. The molecule has 0 saturated carbocycles. The van der Waals surface area contributed by atoms with Crippen LogP contribution in [0.1, 0.15) is 57.1 Å². The number of ether oxygens (including phenoxy) is 1. The van der Waals surface area contributed by atoms with Crippen molar-refractivity contribution >= 4 is 15.9 Å². The van der Waals surface area contributed by atoms with Crippen molar-refractivity contribution in [1.29, 1.82) is 0 Å². The first-order valence-corrected chi connectivity index (χ1v) is 8.50. The zero-order chi connectivity index (χ0) is 14.8. The number of hydrogen-bond acceptors (Lipinski definition) is 2. The SMILES string of the molecule is CCCCCCC(C)OCc1ccc(CNC)cc1Br. The first-order valence-electron chi connectivity index (χ1n) is 7.70. The maximum Gasteiger partial charge on any atom is 0.0731 e. The molecule has 0 heterocycles. The van der Waals surface area contributed by atoms with Gasteiger partial charge in [0.1, 0.15) is 0 Å². The number of hydrogen-bond donors (Lipinski definition) is 1. The van der Waals surface area contributed by atoms with Crippen molar-refractivity contribution < 1.29 is 4.74 Å². The smallest absolute Gasteiger partial charge is 0.0731 e. The highest BCUT2D eigenvalue weighted by atomic mass is 79.9. The fraction of sp³-hybridized carbons (Fsp3) is 0.647. The van der Waals surface area contributed by atoms with Crippen molar-refractivity contribution in [2.24, 2.45) is 0 Å². The van der Waals surface area contributed by atoms with Gasteiger partial charge in [0.25, 0.3) is 0 Å². The first-order chi connectivity index (χ1) is 9.67. The number of halogens is 1. The van der Waals surface area contributed by atoms with Crippen LogP contribution in [0.3, 0.4) is 0 Å². The van der Waals surface area contributed by atoms with Gasteiger partial charge in [-0.25, -0.2) is 0 Å². The fourth-order valence-electron chi connectivity index (χ4n) is 2.20. The van der Waals surface area contributed by atoms with E-state index in [1.54, 1.807) is 0 Å². The average molecular weight is 342 g/mol. The highest BCUT2D eigenvalue weighted by molar-refractivity contribution is 9.10. The summed E-state index contributed by atoms with van der Waals surface area (Å²) in [7, 11) is 1.96. The molecule has 0 aliphatic rings. The zero-order valence-electron chi connectivity index (χ0n) is 13.0.